The Labute approximate surface area is 115 Å². The van der Waals surface area contributed by atoms with Crippen LogP contribution in [0.1, 0.15) is 58.3 Å². The van der Waals surface area contributed by atoms with Crippen molar-refractivity contribution in [1.82, 2.24) is 15.1 Å². The molecule has 1 aromatic rings. The second-order valence-electron chi connectivity index (χ2n) is 7.49. The summed E-state index contributed by atoms with van der Waals surface area (Å²) in [6.07, 6.45) is 3.88. The Morgan fingerprint density at radius 3 is 2.68 bits per heavy atom. The van der Waals surface area contributed by atoms with Gasteiger partial charge < -0.3 is 5.32 Å². The number of hydrogen-bond acceptors (Lipinski definition) is 2. The maximum absolute atomic E-state index is 12.2. The van der Waals surface area contributed by atoms with E-state index in [2.05, 4.69) is 24.3 Å². The molecule has 1 N–H and O–H groups in total. The highest BCUT2D eigenvalue weighted by Gasteiger charge is 2.36. The molecule has 0 aromatic carbocycles. The average Bonchev–Trinajstić information content (AvgIpc) is 2.57. The van der Waals surface area contributed by atoms with Crippen molar-refractivity contribution in [2.75, 3.05) is 0 Å². The number of fused-ring (bicyclic) bond motifs is 1. The summed E-state index contributed by atoms with van der Waals surface area (Å²) in [5.41, 5.74) is 2.26. The fourth-order valence-corrected chi connectivity index (χ4v) is 2.68. The van der Waals surface area contributed by atoms with Gasteiger partial charge in [0.1, 0.15) is 0 Å². The van der Waals surface area contributed by atoms with Gasteiger partial charge in [-0.3, -0.25) is 9.48 Å². The molecule has 1 atom stereocenters. The first-order valence-electron chi connectivity index (χ1n) is 6.92. The van der Waals surface area contributed by atoms with Gasteiger partial charge in [0.2, 0.25) is 5.91 Å². The molecule has 0 spiro atoms. The molecule has 2 rings (SSSR count). The average molecular weight is 263 g/mol. The molecule has 1 aliphatic rings. The minimum Gasteiger partial charge on any atom is -0.349 e. The van der Waals surface area contributed by atoms with E-state index in [-0.39, 0.29) is 22.8 Å². The van der Waals surface area contributed by atoms with Crippen LogP contribution < -0.4 is 5.32 Å². The van der Waals surface area contributed by atoms with Crippen molar-refractivity contribution < 1.29 is 4.79 Å². The smallest absolute Gasteiger partial charge is 0.225 e. The van der Waals surface area contributed by atoms with E-state index in [0.29, 0.717) is 0 Å². The molecule has 1 amide bonds. The molecular weight excluding hydrogens is 238 g/mol. The molecule has 0 fully saturated rings. The summed E-state index contributed by atoms with van der Waals surface area (Å²) in [6, 6.07) is 0.0826. The van der Waals surface area contributed by atoms with Crippen LogP contribution in [0.2, 0.25) is 0 Å². The molecule has 1 unspecified atom stereocenters. The highest BCUT2D eigenvalue weighted by atomic mass is 16.2. The van der Waals surface area contributed by atoms with E-state index in [4.69, 9.17) is 0 Å². The Morgan fingerprint density at radius 2 is 2.11 bits per heavy atom. The number of amides is 1. The first-order chi connectivity index (χ1) is 8.60. The monoisotopic (exact) mass is 263 g/mol. The number of nitrogens with zero attached hydrogens (tertiary/aromatic N) is 2. The van der Waals surface area contributed by atoms with Gasteiger partial charge in [-0.25, -0.2) is 0 Å². The molecule has 4 heteroatoms. The van der Waals surface area contributed by atoms with Crippen LogP contribution in [-0.4, -0.2) is 15.7 Å². The molecule has 1 aliphatic carbocycles. The van der Waals surface area contributed by atoms with E-state index in [0.717, 1.165) is 12.8 Å². The summed E-state index contributed by atoms with van der Waals surface area (Å²) >= 11 is 0. The van der Waals surface area contributed by atoms with Gasteiger partial charge in [0.15, 0.2) is 0 Å². The zero-order valence-electron chi connectivity index (χ0n) is 12.9. The van der Waals surface area contributed by atoms with E-state index in [1.807, 2.05) is 38.7 Å². The number of aromatic nitrogens is 2. The zero-order valence-corrected chi connectivity index (χ0v) is 12.9. The minimum absolute atomic E-state index is 0.0826. The van der Waals surface area contributed by atoms with Crippen molar-refractivity contribution in [1.29, 1.82) is 0 Å². The quantitative estimate of drug-likeness (QED) is 0.846. The lowest BCUT2D eigenvalue weighted by atomic mass is 9.74. The predicted octanol–water partition coefficient (Wildman–Crippen LogP) is 2.60. The molecule has 0 bridgehead atoms. The van der Waals surface area contributed by atoms with E-state index in [1.165, 1.54) is 11.3 Å². The first kappa shape index (κ1) is 14.1. The predicted molar refractivity (Wildman–Crippen MR) is 75.6 cm³/mol. The number of aryl methyl sites for hydroxylation is 1. The van der Waals surface area contributed by atoms with E-state index < -0.39 is 0 Å². The topological polar surface area (TPSA) is 46.9 Å². The van der Waals surface area contributed by atoms with Gasteiger partial charge in [0.05, 0.1) is 12.2 Å². The summed E-state index contributed by atoms with van der Waals surface area (Å²) < 4.78 is 1.94. The largest absolute Gasteiger partial charge is 0.349 e. The standard InChI is InChI=1S/C15H25N3O/c1-14(2,3)13(19)17-11-7-15(4,5)8-12-10(11)9-16-18(12)6/h9,11H,7-8H2,1-6H3,(H,17,19). The first-order valence-corrected chi connectivity index (χ1v) is 6.92. The van der Waals surface area contributed by atoms with Crippen molar-refractivity contribution in [3.05, 3.63) is 17.5 Å². The van der Waals surface area contributed by atoms with Crippen LogP contribution in [0.3, 0.4) is 0 Å². The van der Waals surface area contributed by atoms with Crippen LogP contribution in [0.15, 0.2) is 6.20 Å². The summed E-state index contributed by atoms with van der Waals surface area (Å²) in [4.78, 5) is 12.2. The second-order valence-corrected chi connectivity index (χ2v) is 7.49. The van der Waals surface area contributed by atoms with Crippen LogP contribution in [0.4, 0.5) is 0 Å². The molecule has 4 nitrogen and oxygen atoms in total. The molecule has 0 aliphatic heterocycles. The van der Waals surface area contributed by atoms with Gasteiger partial charge in [0, 0.05) is 23.7 Å². The van der Waals surface area contributed by atoms with Gasteiger partial charge in [0.25, 0.3) is 0 Å². The Hall–Kier alpha value is -1.32. The van der Waals surface area contributed by atoms with Crippen molar-refractivity contribution >= 4 is 5.91 Å². The maximum atomic E-state index is 12.2. The molecule has 0 saturated carbocycles. The summed E-state index contributed by atoms with van der Waals surface area (Å²) in [5, 5.41) is 7.54. The molecule has 0 saturated heterocycles. The number of rotatable bonds is 1. The Kier molecular flexibility index (Phi) is 3.23. The van der Waals surface area contributed by atoms with Crippen LogP contribution in [0.25, 0.3) is 0 Å². The van der Waals surface area contributed by atoms with Crippen molar-refractivity contribution in [2.45, 2.75) is 53.5 Å². The second kappa shape index (κ2) is 4.36. The van der Waals surface area contributed by atoms with Gasteiger partial charge in [-0.15, -0.1) is 0 Å². The molecule has 0 radical (unpaired) electrons. The van der Waals surface area contributed by atoms with Gasteiger partial charge >= 0.3 is 0 Å². The summed E-state index contributed by atoms with van der Waals surface area (Å²) in [6.45, 7) is 10.3. The molecule has 1 heterocycles. The third-order valence-corrected chi connectivity index (χ3v) is 3.86. The van der Waals surface area contributed by atoms with Gasteiger partial charge in [-0.05, 0) is 18.3 Å². The lowest BCUT2D eigenvalue weighted by Gasteiger charge is -2.36. The van der Waals surface area contributed by atoms with Crippen LogP contribution >= 0.6 is 0 Å². The number of hydrogen-bond donors (Lipinski definition) is 1. The van der Waals surface area contributed by atoms with E-state index in [1.54, 1.807) is 0 Å². The van der Waals surface area contributed by atoms with Gasteiger partial charge in [-0.1, -0.05) is 34.6 Å². The Balaban J connectivity index is 2.29. The van der Waals surface area contributed by atoms with Crippen molar-refractivity contribution in [3.63, 3.8) is 0 Å². The zero-order chi connectivity index (χ0) is 14.4. The minimum atomic E-state index is -0.357. The lowest BCUT2D eigenvalue weighted by molar-refractivity contribution is -0.129. The molecule has 19 heavy (non-hydrogen) atoms. The SMILES string of the molecule is Cn1ncc2c1CC(C)(C)CC2NC(=O)C(C)(C)C. The Bertz CT molecular complexity index is 494. The van der Waals surface area contributed by atoms with E-state index in [9.17, 15) is 4.79 Å². The number of carbonyl (C=O) groups excluding carboxylic acids is 1. The molecule has 1 aromatic heterocycles. The summed E-state index contributed by atoms with van der Waals surface area (Å²) in [5.74, 6) is 0.102. The lowest BCUT2D eigenvalue weighted by Crippen LogP contribution is -2.41. The van der Waals surface area contributed by atoms with Crippen LogP contribution in [-0.2, 0) is 18.3 Å². The number of carbonyl (C=O) groups is 1. The van der Waals surface area contributed by atoms with E-state index >= 15 is 0 Å². The highest BCUT2D eigenvalue weighted by Crippen LogP contribution is 2.40. The molecular formula is C15H25N3O. The number of nitrogens with one attached hydrogen (secondary N) is 1. The highest BCUT2D eigenvalue weighted by molar-refractivity contribution is 5.81. The fourth-order valence-electron chi connectivity index (χ4n) is 2.68. The maximum Gasteiger partial charge on any atom is 0.225 e. The third-order valence-electron chi connectivity index (χ3n) is 3.86. The fraction of sp³-hybridized carbons (Fsp3) is 0.733. The van der Waals surface area contributed by atoms with Crippen molar-refractivity contribution in [3.8, 4) is 0 Å². The van der Waals surface area contributed by atoms with Crippen LogP contribution in [0.5, 0.6) is 0 Å². The molecule has 106 valence electrons. The summed E-state index contributed by atoms with van der Waals surface area (Å²) in [7, 11) is 1.98. The normalized spacial score (nSPS) is 21.9. The van der Waals surface area contributed by atoms with Crippen molar-refractivity contribution in [2.24, 2.45) is 17.9 Å². The third kappa shape index (κ3) is 2.82. The van der Waals surface area contributed by atoms with Gasteiger partial charge in [-0.2, -0.15) is 5.10 Å². The Morgan fingerprint density at radius 1 is 1.47 bits per heavy atom. The van der Waals surface area contributed by atoms with Crippen LogP contribution in [0, 0.1) is 10.8 Å².